The Hall–Kier alpha value is -3.49. The zero-order valence-corrected chi connectivity index (χ0v) is 17.1. The molecule has 0 radical (unpaired) electrons. The van der Waals surface area contributed by atoms with E-state index in [0.717, 1.165) is 10.1 Å². The van der Waals surface area contributed by atoms with Gasteiger partial charge in [0.05, 0.1) is 12.5 Å². The Morgan fingerprint density at radius 1 is 1.14 bits per heavy atom. The smallest absolute Gasteiger partial charge is 0.315 e. The van der Waals surface area contributed by atoms with E-state index in [-0.39, 0.29) is 23.1 Å². The highest BCUT2D eigenvalue weighted by Crippen LogP contribution is 2.21. The third-order valence-electron chi connectivity index (χ3n) is 4.71. The number of hydrazone groups is 1. The number of nitrogens with zero attached hydrogens (tertiary/aromatic N) is 5. The van der Waals surface area contributed by atoms with Gasteiger partial charge < -0.3 is 4.57 Å². The largest absolute Gasteiger partial charge is 0.332 e. The van der Waals surface area contributed by atoms with E-state index in [4.69, 9.17) is 0 Å². The summed E-state index contributed by atoms with van der Waals surface area (Å²) < 4.78 is 3.66. The summed E-state index contributed by atoms with van der Waals surface area (Å²) in [6.45, 7) is 6.27. The molecule has 3 aromatic rings. The number of hydrogen-bond acceptors (Lipinski definition) is 5. The van der Waals surface area contributed by atoms with Crippen molar-refractivity contribution in [1.29, 1.82) is 0 Å². The van der Waals surface area contributed by atoms with Gasteiger partial charge in [0.1, 0.15) is 6.54 Å². The number of hydrogen-bond donors (Lipinski definition) is 1. The van der Waals surface area contributed by atoms with Crippen molar-refractivity contribution in [1.82, 2.24) is 24.1 Å². The molecule has 0 unspecified atom stereocenters. The van der Waals surface area contributed by atoms with Crippen LogP contribution in [0.25, 0.3) is 11.2 Å². The molecule has 0 saturated heterocycles. The summed E-state index contributed by atoms with van der Waals surface area (Å²) in [6.07, 6.45) is 2.92. The first-order valence-corrected chi connectivity index (χ1v) is 9.13. The Bertz CT molecular complexity index is 1210. The quantitative estimate of drug-likeness (QED) is 0.522. The van der Waals surface area contributed by atoms with Crippen LogP contribution in [0, 0.1) is 0 Å². The number of carbonyl (C=O) groups excluding carboxylic acids is 1. The van der Waals surface area contributed by atoms with Gasteiger partial charge in [0.15, 0.2) is 11.2 Å². The summed E-state index contributed by atoms with van der Waals surface area (Å²) in [5.41, 5.74) is 4.02. The van der Waals surface area contributed by atoms with Crippen LogP contribution < -0.4 is 16.7 Å². The van der Waals surface area contributed by atoms with Crippen molar-refractivity contribution < 1.29 is 4.79 Å². The van der Waals surface area contributed by atoms with E-state index >= 15 is 0 Å². The van der Waals surface area contributed by atoms with Gasteiger partial charge in [-0.2, -0.15) is 5.10 Å². The molecule has 1 N–H and O–H groups in total. The summed E-state index contributed by atoms with van der Waals surface area (Å²) in [4.78, 5) is 40.7. The fourth-order valence-corrected chi connectivity index (χ4v) is 2.95. The van der Waals surface area contributed by atoms with Crippen LogP contribution >= 0.6 is 0 Å². The summed E-state index contributed by atoms with van der Waals surface area (Å²) in [6, 6.07) is 7.93. The van der Waals surface area contributed by atoms with Crippen molar-refractivity contribution in [3.05, 3.63) is 62.6 Å². The van der Waals surface area contributed by atoms with Crippen molar-refractivity contribution in [2.75, 3.05) is 0 Å². The zero-order chi connectivity index (χ0) is 21.3. The Balaban J connectivity index is 1.73. The van der Waals surface area contributed by atoms with Crippen LogP contribution in [0.5, 0.6) is 0 Å². The summed E-state index contributed by atoms with van der Waals surface area (Å²) in [5.74, 6) is -0.414. The molecule has 0 fully saturated rings. The molecule has 0 aliphatic rings. The van der Waals surface area contributed by atoms with Crippen molar-refractivity contribution in [2.45, 2.75) is 32.7 Å². The first kappa shape index (κ1) is 20.2. The van der Waals surface area contributed by atoms with Crippen LogP contribution in [-0.2, 0) is 30.8 Å². The number of aromatic nitrogens is 4. The zero-order valence-electron chi connectivity index (χ0n) is 17.1. The maximum absolute atomic E-state index is 12.4. The van der Waals surface area contributed by atoms with Crippen LogP contribution in [0.1, 0.15) is 31.9 Å². The molecule has 9 heteroatoms. The molecule has 0 aliphatic carbocycles. The minimum atomic E-state index is -0.504. The second kappa shape index (κ2) is 7.50. The van der Waals surface area contributed by atoms with Gasteiger partial charge in [-0.25, -0.2) is 15.2 Å². The first-order chi connectivity index (χ1) is 13.6. The van der Waals surface area contributed by atoms with Crippen LogP contribution in [0.4, 0.5) is 0 Å². The maximum Gasteiger partial charge on any atom is 0.332 e. The third kappa shape index (κ3) is 4.03. The van der Waals surface area contributed by atoms with Crippen LogP contribution in [0.3, 0.4) is 0 Å². The van der Waals surface area contributed by atoms with Crippen LogP contribution in [-0.4, -0.2) is 30.8 Å². The highest BCUT2D eigenvalue weighted by atomic mass is 16.2. The number of amides is 1. The minimum Gasteiger partial charge on any atom is -0.315 e. The van der Waals surface area contributed by atoms with Crippen LogP contribution in [0.2, 0.25) is 0 Å². The summed E-state index contributed by atoms with van der Waals surface area (Å²) in [7, 11) is 2.91. The number of aryl methyl sites for hydroxylation is 1. The van der Waals surface area contributed by atoms with Gasteiger partial charge >= 0.3 is 5.69 Å². The molecule has 1 amide bonds. The van der Waals surface area contributed by atoms with E-state index in [9.17, 15) is 14.4 Å². The number of imidazole rings is 1. The fourth-order valence-electron chi connectivity index (χ4n) is 2.95. The molecule has 3 rings (SSSR count). The van der Waals surface area contributed by atoms with E-state index in [2.05, 4.69) is 36.3 Å². The number of rotatable bonds is 4. The lowest BCUT2D eigenvalue weighted by molar-refractivity contribution is -0.121. The average Bonchev–Trinajstić information content (AvgIpc) is 3.08. The second-order valence-electron chi connectivity index (χ2n) is 7.92. The average molecular weight is 396 g/mol. The van der Waals surface area contributed by atoms with E-state index in [0.29, 0.717) is 0 Å². The lowest BCUT2D eigenvalue weighted by Gasteiger charge is -2.18. The third-order valence-corrected chi connectivity index (χ3v) is 4.71. The highest BCUT2D eigenvalue weighted by Gasteiger charge is 2.16. The lowest BCUT2D eigenvalue weighted by Crippen LogP contribution is -2.38. The Kier molecular flexibility index (Phi) is 5.23. The monoisotopic (exact) mass is 396 g/mol. The molecule has 0 atom stereocenters. The lowest BCUT2D eigenvalue weighted by atomic mass is 9.87. The summed E-state index contributed by atoms with van der Waals surface area (Å²) >= 11 is 0. The molecule has 0 spiro atoms. The Labute approximate surface area is 167 Å². The molecule has 0 saturated carbocycles. The van der Waals surface area contributed by atoms with E-state index in [1.165, 1.54) is 35.1 Å². The van der Waals surface area contributed by atoms with Crippen molar-refractivity contribution in [3.63, 3.8) is 0 Å². The van der Waals surface area contributed by atoms with Gasteiger partial charge in [0.25, 0.3) is 11.5 Å². The fraction of sp³-hybridized carbons (Fsp3) is 0.350. The van der Waals surface area contributed by atoms with E-state index in [1.54, 1.807) is 6.21 Å². The molecular formula is C20H24N6O3. The number of benzene rings is 1. The predicted octanol–water partition coefficient (Wildman–Crippen LogP) is 0.881. The molecule has 0 bridgehead atoms. The topological polar surface area (TPSA) is 103 Å². The van der Waals surface area contributed by atoms with E-state index < -0.39 is 17.2 Å². The maximum atomic E-state index is 12.4. The Morgan fingerprint density at radius 3 is 2.41 bits per heavy atom. The predicted molar refractivity (Wildman–Crippen MR) is 111 cm³/mol. The van der Waals surface area contributed by atoms with Crippen molar-refractivity contribution in [2.24, 2.45) is 19.2 Å². The van der Waals surface area contributed by atoms with Gasteiger partial charge in [-0.05, 0) is 16.5 Å². The molecule has 29 heavy (non-hydrogen) atoms. The number of fused-ring (bicyclic) bond motifs is 1. The molecule has 0 aliphatic heterocycles. The van der Waals surface area contributed by atoms with Gasteiger partial charge in [0.2, 0.25) is 0 Å². The molecular weight excluding hydrogens is 372 g/mol. The van der Waals surface area contributed by atoms with Gasteiger partial charge in [-0.3, -0.25) is 18.7 Å². The molecule has 9 nitrogen and oxygen atoms in total. The molecule has 2 heterocycles. The first-order valence-electron chi connectivity index (χ1n) is 9.13. The molecule has 2 aromatic heterocycles. The minimum absolute atomic E-state index is 0.0675. The van der Waals surface area contributed by atoms with Gasteiger partial charge in [-0.1, -0.05) is 45.0 Å². The van der Waals surface area contributed by atoms with Gasteiger partial charge in [-0.15, -0.1) is 0 Å². The van der Waals surface area contributed by atoms with Crippen LogP contribution in [0.15, 0.2) is 45.3 Å². The highest BCUT2D eigenvalue weighted by molar-refractivity contribution is 5.83. The second-order valence-corrected chi connectivity index (χ2v) is 7.92. The van der Waals surface area contributed by atoms with Crippen molar-refractivity contribution in [3.8, 4) is 0 Å². The number of carbonyl (C=O) groups is 1. The normalized spacial score (nSPS) is 12.0. The molecule has 1 aromatic carbocycles. The standard InChI is InChI=1S/C20H24N6O3/c1-20(2,3)14-8-6-13(7-9-14)10-22-23-15(27)11-26-12-21-17-16(26)18(28)25(5)19(29)24(17)4/h6-10,12H,11H2,1-5H3,(H,23,27)/b22-10-. The SMILES string of the molecule is Cn1c(=O)c2c(ncn2CC(=O)N/N=C\c2ccc(C(C)(C)C)cc2)n(C)c1=O. The molecule has 152 valence electrons. The summed E-state index contributed by atoms with van der Waals surface area (Å²) in [5, 5.41) is 3.97. The van der Waals surface area contributed by atoms with E-state index in [1.807, 2.05) is 24.3 Å². The van der Waals surface area contributed by atoms with Gasteiger partial charge in [0, 0.05) is 14.1 Å². The number of nitrogens with one attached hydrogen (secondary N) is 1. The Morgan fingerprint density at radius 2 is 1.79 bits per heavy atom. The van der Waals surface area contributed by atoms with Crippen molar-refractivity contribution >= 4 is 23.3 Å².